The summed E-state index contributed by atoms with van der Waals surface area (Å²) in [5, 5.41) is 3.73. The number of aryl methyl sites for hydroxylation is 1. The van der Waals surface area contributed by atoms with Gasteiger partial charge in [-0.05, 0) is 54.2 Å². The van der Waals surface area contributed by atoms with E-state index in [0.717, 1.165) is 43.8 Å². The summed E-state index contributed by atoms with van der Waals surface area (Å²) in [6, 6.07) is 23.1. The molecule has 5 rings (SSSR count). The first kappa shape index (κ1) is 27.0. The second-order valence-electron chi connectivity index (χ2n) is 10.6. The van der Waals surface area contributed by atoms with Crippen LogP contribution in [-0.4, -0.2) is 61.6 Å². The predicted octanol–water partition coefficient (Wildman–Crippen LogP) is 4.84. The average Bonchev–Trinajstić information content (AvgIpc) is 3.38. The van der Waals surface area contributed by atoms with Crippen molar-refractivity contribution in [1.82, 2.24) is 15.1 Å². The molecule has 3 aromatic carbocycles. The van der Waals surface area contributed by atoms with Crippen molar-refractivity contribution in [2.45, 2.75) is 44.9 Å². The van der Waals surface area contributed by atoms with Crippen LogP contribution in [0.4, 0.5) is 0 Å². The largest absolute Gasteiger partial charge is 0.493 e. The Balaban J connectivity index is 1.30. The van der Waals surface area contributed by atoms with Crippen molar-refractivity contribution < 1.29 is 14.3 Å². The molecule has 1 N–H and O–H groups in total. The number of fused-ring (bicyclic) bond motifs is 1. The Hall–Kier alpha value is -3.61. The Morgan fingerprint density at radius 1 is 1.00 bits per heavy atom. The zero-order valence-electron chi connectivity index (χ0n) is 23.2. The van der Waals surface area contributed by atoms with Crippen molar-refractivity contribution >= 4 is 12.0 Å². The summed E-state index contributed by atoms with van der Waals surface area (Å²) < 4.78 is 11.0. The lowest BCUT2D eigenvalue weighted by Crippen LogP contribution is -2.47. The number of hydrogen-bond donors (Lipinski definition) is 1. The maximum absolute atomic E-state index is 14.0. The summed E-state index contributed by atoms with van der Waals surface area (Å²) in [5.74, 6) is 1.66. The van der Waals surface area contributed by atoms with Crippen molar-refractivity contribution in [3.05, 3.63) is 101 Å². The van der Waals surface area contributed by atoms with E-state index in [-0.39, 0.29) is 18.0 Å². The summed E-state index contributed by atoms with van der Waals surface area (Å²) in [6.07, 6.45) is 5.95. The molecule has 2 heterocycles. The van der Waals surface area contributed by atoms with Gasteiger partial charge in [-0.25, -0.2) is 0 Å². The van der Waals surface area contributed by atoms with Gasteiger partial charge in [0.15, 0.2) is 11.5 Å². The molecule has 0 unspecified atom stereocenters. The number of nitrogens with zero attached hydrogens (tertiary/aromatic N) is 2. The zero-order valence-corrected chi connectivity index (χ0v) is 23.2. The molecule has 6 nitrogen and oxygen atoms in total. The lowest BCUT2D eigenvalue weighted by atomic mass is 9.98. The van der Waals surface area contributed by atoms with Crippen molar-refractivity contribution in [2.24, 2.45) is 0 Å². The van der Waals surface area contributed by atoms with Gasteiger partial charge in [-0.1, -0.05) is 72.3 Å². The van der Waals surface area contributed by atoms with Gasteiger partial charge in [0.2, 0.25) is 5.91 Å². The van der Waals surface area contributed by atoms with Crippen LogP contribution in [0.5, 0.6) is 11.5 Å². The van der Waals surface area contributed by atoms with Crippen LogP contribution in [0.1, 0.15) is 34.2 Å². The molecule has 0 bridgehead atoms. The predicted molar refractivity (Wildman–Crippen MR) is 156 cm³/mol. The van der Waals surface area contributed by atoms with Crippen LogP contribution in [0.25, 0.3) is 6.08 Å². The number of ether oxygens (including phenoxy) is 2. The van der Waals surface area contributed by atoms with Crippen molar-refractivity contribution in [1.29, 1.82) is 0 Å². The molecule has 0 saturated carbocycles. The van der Waals surface area contributed by atoms with Gasteiger partial charge >= 0.3 is 0 Å². The van der Waals surface area contributed by atoms with Gasteiger partial charge in [0, 0.05) is 38.8 Å². The molecule has 1 fully saturated rings. The molecule has 0 spiro atoms. The smallest absolute Gasteiger partial charge is 0.240 e. The molecule has 1 saturated heterocycles. The Bertz CT molecular complexity index is 1310. The molecule has 0 aromatic heterocycles. The Morgan fingerprint density at radius 3 is 2.51 bits per heavy atom. The fraction of sp³-hybridized carbons (Fsp3) is 0.364. The highest BCUT2D eigenvalue weighted by Gasteiger charge is 2.39. The van der Waals surface area contributed by atoms with E-state index in [1.165, 1.54) is 22.3 Å². The number of methoxy groups -OCH3 is 2. The van der Waals surface area contributed by atoms with Crippen LogP contribution in [0.2, 0.25) is 0 Å². The van der Waals surface area contributed by atoms with E-state index >= 15 is 0 Å². The monoisotopic (exact) mass is 525 g/mol. The normalized spacial score (nSPS) is 19.3. The van der Waals surface area contributed by atoms with Crippen LogP contribution < -0.4 is 14.8 Å². The second kappa shape index (κ2) is 12.5. The standard InChI is InChI=1S/C33H39N3O3/c1-24-9-7-12-26(17-24)21-34-29-20-30(35(23-29)15-8-13-25-10-5-4-6-11-25)33(37)36-16-14-27-18-31(38-2)32(39-3)19-28(27)22-36/h4-13,17-19,29-30,34H,14-16,20-23H2,1-3H3/t29-,30+/m1/s1. The van der Waals surface area contributed by atoms with Gasteiger partial charge in [0.25, 0.3) is 0 Å². The number of carbonyl (C=O) groups excluding carboxylic acids is 1. The molecule has 0 radical (unpaired) electrons. The summed E-state index contributed by atoms with van der Waals surface area (Å²) in [4.78, 5) is 18.3. The minimum Gasteiger partial charge on any atom is -0.493 e. The molecule has 2 atom stereocenters. The molecule has 2 aliphatic heterocycles. The number of benzene rings is 3. The lowest BCUT2D eigenvalue weighted by molar-refractivity contribution is -0.136. The van der Waals surface area contributed by atoms with Gasteiger partial charge in [0.05, 0.1) is 20.3 Å². The summed E-state index contributed by atoms with van der Waals surface area (Å²) >= 11 is 0. The lowest BCUT2D eigenvalue weighted by Gasteiger charge is -2.33. The van der Waals surface area contributed by atoms with Gasteiger partial charge < -0.3 is 19.7 Å². The highest BCUT2D eigenvalue weighted by molar-refractivity contribution is 5.83. The first-order chi connectivity index (χ1) is 19.0. The third-order valence-electron chi connectivity index (χ3n) is 7.85. The van der Waals surface area contributed by atoms with Crippen LogP contribution in [0.15, 0.2) is 72.8 Å². The number of nitrogens with one attached hydrogen (secondary N) is 1. The summed E-state index contributed by atoms with van der Waals surface area (Å²) in [5.41, 5.74) is 6.07. The highest BCUT2D eigenvalue weighted by Crippen LogP contribution is 2.34. The van der Waals surface area contributed by atoms with Gasteiger partial charge in [-0.15, -0.1) is 0 Å². The molecule has 0 aliphatic carbocycles. The van der Waals surface area contributed by atoms with Crippen LogP contribution in [0, 0.1) is 6.92 Å². The maximum atomic E-state index is 14.0. The van der Waals surface area contributed by atoms with E-state index in [0.29, 0.717) is 18.8 Å². The van der Waals surface area contributed by atoms with E-state index in [2.05, 4.69) is 71.8 Å². The maximum Gasteiger partial charge on any atom is 0.240 e. The first-order valence-electron chi connectivity index (χ1n) is 13.8. The molecule has 2 aliphatic rings. The molecule has 6 heteroatoms. The fourth-order valence-electron chi connectivity index (χ4n) is 5.76. The number of carbonyl (C=O) groups is 1. The molecule has 1 amide bonds. The number of hydrogen-bond acceptors (Lipinski definition) is 5. The first-order valence-corrected chi connectivity index (χ1v) is 13.8. The van der Waals surface area contributed by atoms with Gasteiger partial charge in [0.1, 0.15) is 0 Å². The quantitative estimate of drug-likeness (QED) is 0.433. The van der Waals surface area contributed by atoms with E-state index in [1.807, 2.05) is 29.2 Å². The molecule has 39 heavy (non-hydrogen) atoms. The molecule has 3 aromatic rings. The average molecular weight is 526 g/mol. The minimum absolute atomic E-state index is 0.151. The zero-order chi connectivity index (χ0) is 27.2. The fourth-order valence-corrected chi connectivity index (χ4v) is 5.76. The molecular weight excluding hydrogens is 486 g/mol. The summed E-state index contributed by atoms with van der Waals surface area (Å²) in [7, 11) is 3.31. The third kappa shape index (κ3) is 6.52. The Kier molecular flexibility index (Phi) is 8.64. The van der Waals surface area contributed by atoms with Crippen molar-refractivity contribution in [2.75, 3.05) is 33.9 Å². The highest BCUT2D eigenvalue weighted by atomic mass is 16.5. The number of rotatable bonds is 9. The van der Waals surface area contributed by atoms with E-state index in [4.69, 9.17) is 9.47 Å². The topological polar surface area (TPSA) is 54.0 Å². The molecular formula is C33H39N3O3. The van der Waals surface area contributed by atoms with Crippen LogP contribution in [-0.2, 0) is 24.3 Å². The van der Waals surface area contributed by atoms with Crippen LogP contribution in [0.3, 0.4) is 0 Å². The Labute approximate surface area is 232 Å². The Morgan fingerprint density at radius 2 is 1.77 bits per heavy atom. The van der Waals surface area contributed by atoms with Crippen LogP contribution >= 0.6 is 0 Å². The van der Waals surface area contributed by atoms with E-state index in [9.17, 15) is 4.79 Å². The number of amides is 1. The van der Waals surface area contributed by atoms with Crippen molar-refractivity contribution in [3.8, 4) is 11.5 Å². The number of likely N-dealkylation sites (tertiary alicyclic amines) is 1. The minimum atomic E-state index is -0.151. The van der Waals surface area contributed by atoms with Gasteiger partial charge in [-0.3, -0.25) is 9.69 Å². The second-order valence-corrected chi connectivity index (χ2v) is 10.6. The van der Waals surface area contributed by atoms with Crippen molar-refractivity contribution in [3.63, 3.8) is 0 Å². The third-order valence-corrected chi connectivity index (χ3v) is 7.85. The SMILES string of the molecule is COc1cc2c(cc1OC)CN(C(=O)[C@@H]1C[C@@H](NCc3cccc(C)c3)CN1CC=Cc1ccccc1)CC2. The van der Waals surface area contributed by atoms with Gasteiger partial charge in [-0.2, -0.15) is 0 Å². The van der Waals surface area contributed by atoms with E-state index in [1.54, 1.807) is 14.2 Å². The summed E-state index contributed by atoms with van der Waals surface area (Å²) in [6.45, 7) is 5.82. The van der Waals surface area contributed by atoms with E-state index < -0.39 is 0 Å². The molecule has 204 valence electrons.